The van der Waals surface area contributed by atoms with E-state index in [2.05, 4.69) is 11.9 Å². The standard InChI is InChI=1S/C13H22N2O3/c1-9(2)8-18-7-6-15-10(3)11(16)14-13(4,5)12(15)17/h10H,1,6-8H2,2-5H3,(H,14,16). The molecule has 1 rings (SSSR count). The van der Waals surface area contributed by atoms with Gasteiger partial charge in [0.25, 0.3) is 0 Å². The van der Waals surface area contributed by atoms with E-state index in [1.165, 1.54) is 0 Å². The average Bonchev–Trinajstić information content (AvgIpc) is 2.25. The molecule has 1 heterocycles. The van der Waals surface area contributed by atoms with Crippen molar-refractivity contribution in [2.45, 2.75) is 39.3 Å². The average molecular weight is 254 g/mol. The number of hydrogen-bond acceptors (Lipinski definition) is 3. The lowest BCUT2D eigenvalue weighted by atomic mass is 9.97. The summed E-state index contributed by atoms with van der Waals surface area (Å²) in [6.07, 6.45) is 0. The highest BCUT2D eigenvalue weighted by atomic mass is 16.5. The van der Waals surface area contributed by atoms with E-state index in [0.717, 1.165) is 5.57 Å². The van der Waals surface area contributed by atoms with Gasteiger partial charge >= 0.3 is 0 Å². The first-order valence-corrected chi connectivity index (χ1v) is 6.11. The highest BCUT2D eigenvalue weighted by Gasteiger charge is 2.42. The lowest BCUT2D eigenvalue weighted by molar-refractivity contribution is -0.153. The van der Waals surface area contributed by atoms with Crippen molar-refractivity contribution >= 4 is 11.8 Å². The van der Waals surface area contributed by atoms with Gasteiger partial charge in [0.05, 0.1) is 13.2 Å². The predicted octanol–water partition coefficient (Wildman–Crippen LogP) is 0.705. The fourth-order valence-electron chi connectivity index (χ4n) is 1.85. The molecule has 0 aromatic carbocycles. The first-order valence-electron chi connectivity index (χ1n) is 6.11. The van der Waals surface area contributed by atoms with Gasteiger partial charge in [0.15, 0.2) is 0 Å². The van der Waals surface area contributed by atoms with E-state index < -0.39 is 11.6 Å². The maximum absolute atomic E-state index is 12.2. The molecule has 102 valence electrons. The van der Waals surface area contributed by atoms with Crippen LogP contribution in [0.2, 0.25) is 0 Å². The number of nitrogens with zero attached hydrogens (tertiary/aromatic N) is 1. The fraction of sp³-hybridized carbons (Fsp3) is 0.692. The molecule has 0 radical (unpaired) electrons. The number of carbonyl (C=O) groups is 2. The Bertz CT molecular complexity index is 363. The van der Waals surface area contributed by atoms with Crippen molar-refractivity contribution in [1.82, 2.24) is 10.2 Å². The highest BCUT2D eigenvalue weighted by Crippen LogP contribution is 2.17. The van der Waals surface area contributed by atoms with Gasteiger partial charge in [-0.05, 0) is 27.7 Å². The Balaban J connectivity index is 2.58. The van der Waals surface area contributed by atoms with Gasteiger partial charge in [0, 0.05) is 6.54 Å². The predicted molar refractivity (Wildman–Crippen MR) is 69.0 cm³/mol. The summed E-state index contributed by atoms with van der Waals surface area (Å²) < 4.78 is 5.37. The van der Waals surface area contributed by atoms with Gasteiger partial charge < -0.3 is 15.0 Å². The van der Waals surface area contributed by atoms with Gasteiger partial charge in [-0.1, -0.05) is 12.2 Å². The molecule has 0 spiro atoms. The zero-order chi connectivity index (χ0) is 13.9. The Kier molecular flexibility index (Phi) is 4.51. The summed E-state index contributed by atoms with van der Waals surface area (Å²) in [6, 6.07) is -0.445. The first kappa shape index (κ1) is 14.7. The molecule has 1 atom stereocenters. The Morgan fingerprint density at radius 2 is 2.11 bits per heavy atom. The van der Waals surface area contributed by atoms with Crippen LogP contribution in [0.25, 0.3) is 0 Å². The van der Waals surface area contributed by atoms with Gasteiger partial charge in [-0.3, -0.25) is 9.59 Å². The van der Waals surface area contributed by atoms with E-state index in [-0.39, 0.29) is 11.8 Å². The molecule has 0 saturated carbocycles. The molecule has 1 unspecified atom stereocenters. The Morgan fingerprint density at radius 3 is 2.67 bits per heavy atom. The van der Waals surface area contributed by atoms with E-state index in [0.29, 0.717) is 19.8 Å². The molecule has 18 heavy (non-hydrogen) atoms. The molecule has 0 aliphatic carbocycles. The summed E-state index contributed by atoms with van der Waals surface area (Å²) in [5.74, 6) is -0.201. The molecular formula is C13H22N2O3. The summed E-state index contributed by atoms with van der Waals surface area (Å²) >= 11 is 0. The molecule has 0 aromatic rings. The van der Waals surface area contributed by atoms with Crippen molar-refractivity contribution in [3.8, 4) is 0 Å². The van der Waals surface area contributed by atoms with Crippen LogP contribution in [0, 0.1) is 0 Å². The van der Waals surface area contributed by atoms with E-state index >= 15 is 0 Å². The number of nitrogens with one attached hydrogen (secondary N) is 1. The normalized spacial score (nSPS) is 22.9. The number of hydrogen-bond donors (Lipinski definition) is 1. The largest absolute Gasteiger partial charge is 0.375 e. The number of piperazine rings is 1. The number of amides is 2. The van der Waals surface area contributed by atoms with Crippen LogP contribution < -0.4 is 5.32 Å². The van der Waals surface area contributed by atoms with Crippen LogP contribution in [-0.2, 0) is 14.3 Å². The molecule has 1 fully saturated rings. The molecule has 1 aliphatic rings. The third-order valence-electron chi connectivity index (χ3n) is 2.90. The second kappa shape index (κ2) is 5.52. The zero-order valence-corrected chi connectivity index (χ0v) is 11.6. The quantitative estimate of drug-likeness (QED) is 0.580. The molecule has 2 amide bonds. The minimum absolute atomic E-state index is 0.0754. The van der Waals surface area contributed by atoms with Crippen LogP contribution in [-0.4, -0.2) is 48.1 Å². The van der Waals surface area contributed by atoms with E-state index in [9.17, 15) is 9.59 Å². The van der Waals surface area contributed by atoms with Gasteiger partial charge in [0.2, 0.25) is 11.8 Å². The van der Waals surface area contributed by atoms with Crippen molar-refractivity contribution in [2.24, 2.45) is 0 Å². The molecule has 0 aromatic heterocycles. The van der Waals surface area contributed by atoms with Crippen molar-refractivity contribution in [1.29, 1.82) is 0 Å². The second-order valence-electron chi connectivity index (χ2n) is 5.30. The number of rotatable bonds is 5. The van der Waals surface area contributed by atoms with Gasteiger partial charge in [-0.2, -0.15) is 0 Å². The van der Waals surface area contributed by atoms with Crippen LogP contribution >= 0.6 is 0 Å². The van der Waals surface area contributed by atoms with E-state index in [1.807, 2.05) is 6.92 Å². The van der Waals surface area contributed by atoms with E-state index in [4.69, 9.17) is 4.74 Å². The summed E-state index contributed by atoms with van der Waals surface area (Å²) in [7, 11) is 0. The van der Waals surface area contributed by atoms with E-state index in [1.54, 1.807) is 25.7 Å². The first-order chi connectivity index (χ1) is 8.25. The molecule has 0 bridgehead atoms. The SMILES string of the molecule is C=C(C)COCCN1C(=O)C(C)(C)NC(=O)C1C. The lowest BCUT2D eigenvalue weighted by Gasteiger charge is -2.41. The Hall–Kier alpha value is -1.36. The molecule has 1 aliphatic heterocycles. The summed E-state index contributed by atoms with van der Waals surface area (Å²) in [5, 5.41) is 2.71. The molecule has 1 saturated heterocycles. The minimum Gasteiger partial charge on any atom is -0.375 e. The van der Waals surface area contributed by atoms with Crippen molar-refractivity contribution < 1.29 is 14.3 Å². The van der Waals surface area contributed by atoms with Crippen molar-refractivity contribution in [3.05, 3.63) is 12.2 Å². The van der Waals surface area contributed by atoms with Crippen LogP contribution in [0.5, 0.6) is 0 Å². The lowest BCUT2D eigenvalue weighted by Crippen LogP contribution is -2.67. The van der Waals surface area contributed by atoms with Crippen molar-refractivity contribution in [3.63, 3.8) is 0 Å². The maximum atomic E-state index is 12.2. The van der Waals surface area contributed by atoms with Crippen LogP contribution in [0.4, 0.5) is 0 Å². The van der Waals surface area contributed by atoms with Gasteiger partial charge in [-0.25, -0.2) is 0 Å². The third kappa shape index (κ3) is 3.32. The minimum atomic E-state index is -0.835. The van der Waals surface area contributed by atoms with Crippen LogP contribution in [0.3, 0.4) is 0 Å². The molecule has 5 heteroatoms. The smallest absolute Gasteiger partial charge is 0.248 e. The Morgan fingerprint density at radius 1 is 1.50 bits per heavy atom. The second-order valence-corrected chi connectivity index (χ2v) is 5.30. The Labute approximate surface area is 108 Å². The van der Waals surface area contributed by atoms with Crippen molar-refractivity contribution in [2.75, 3.05) is 19.8 Å². The topological polar surface area (TPSA) is 58.6 Å². The third-order valence-corrected chi connectivity index (χ3v) is 2.90. The molecular weight excluding hydrogens is 232 g/mol. The zero-order valence-electron chi connectivity index (χ0n) is 11.6. The molecule has 5 nitrogen and oxygen atoms in total. The van der Waals surface area contributed by atoms with Gasteiger partial charge in [-0.15, -0.1) is 0 Å². The molecule has 1 N–H and O–H groups in total. The van der Waals surface area contributed by atoms with Gasteiger partial charge in [0.1, 0.15) is 11.6 Å². The summed E-state index contributed by atoms with van der Waals surface area (Å²) in [5.41, 5.74) is 0.101. The highest BCUT2D eigenvalue weighted by molar-refractivity contribution is 5.99. The summed E-state index contributed by atoms with van der Waals surface area (Å²) in [4.78, 5) is 25.5. The number of carbonyl (C=O) groups excluding carboxylic acids is 2. The van der Waals surface area contributed by atoms with Crippen LogP contribution in [0.15, 0.2) is 12.2 Å². The maximum Gasteiger partial charge on any atom is 0.248 e. The monoisotopic (exact) mass is 254 g/mol. The van der Waals surface area contributed by atoms with Crippen LogP contribution in [0.1, 0.15) is 27.7 Å². The summed E-state index contributed by atoms with van der Waals surface area (Å²) in [6.45, 7) is 12.1. The number of ether oxygens (including phenoxy) is 1. The fourth-order valence-corrected chi connectivity index (χ4v) is 1.85.